The number of amides is 1. The van der Waals surface area contributed by atoms with E-state index in [4.69, 9.17) is 4.74 Å². The molecule has 1 aliphatic heterocycles. The van der Waals surface area contributed by atoms with Gasteiger partial charge in [0.05, 0.1) is 5.60 Å². The summed E-state index contributed by atoms with van der Waals surface area (Å²) in [5.74, 6) is 0.532. The number of carbonyl (C=O) groups is 1. The normalized spacial score (nSPS) is 19.0. The van der Waals surface area contributed by atoms with Crippen LogP contribution in [0, 0.1) is 11.7 Å². The molecule has 1 heterocycles. The molecule has 0 aromatic heterocycles. The molecule has 184 valence electrons. The Bertz CT molecular complexity index is 1070. The van der Waals surface area contributed by atoms with Crippen molar-refractivity contribution in [2.24, 2.45) is 5.92 Å². The van der Waals surface area contributed by atoms with E-state index in [2.05, 4.69) is 49.5 Å². The Labute approximate surface area is 208 Å². The van der Waals surface area contributed by atoms with E-state index in [-0.39, 0.29) is 23.2 Å². The first-order chi connectivity index (χ1) is 16.9. The lowest BCUT2D eigenvalue weighted by atomic mass is 9.75. The highest BCUT2D eigenvalue weighted by Crippen LogP contribution is 2.39. The van der Waals surface area contributed by atoms with Crippen molar-refractivity contribution < 1.29 is 13.9 Å². The second-order valence-corrected chi connectivity index (χ2v) is 10.2. The Hall–Kier alpha value is -2.98. The summed E-state index contributed by atoms with van der Waals surface area (Å²) in [6.07, 6.45) is 3.28. The maximum atomic E-state index is 13.5. The molecule has 3 aromatic rings. The molecule has 1 N–H and O–H groups in total. The lowest BCUT2D eigenvalue weighted by molar-refractivity contribution is -0.121. The van der Waals surface area contributed by atoms with Crippen LogP contribution in [0.1, 0.15) is 68.1 Å². The van der Waals surface area contributed by atoms with Crippen LogP contribution in [0.5, 0.6) is 0 Å². The summed E-state index contributed by atoms with van der Waals surface area (Å²) in [5.41, 5.74) is 3.22. The number of rotatable bonds is 9. The van der Waals surface area contributed by atoms with Crippen molar-refractivity contribution in [2.75, 3.05) is 13.2 Å². The number of hydrogen-bond acceptors (Lipinski definition) is 2. The third-order valence-corrected chi connectivity index (χ3v) is 7.17. The van der Waals surface area contributed by atoms with Gasteiger partial charge in [-0.2, -0.15) is 0 Å². The van der Waals surface area contributed by atoms with Crippen molar-refractivity contribution in [3.8, 4) is 0 Å². The van der Waals surface area contributed by atoms with E-state index in [9.17, 15) is 9.18 Å². The number of hydrogen-bond donors (Lipinski definition) is 1. The molecule has 1 aliphatic rings. The molecule has 1 amide bonds. The molecule has 4 heteroatoms. The fraction of sp³-hybridized carbons (Fsp3) is 0.387. The quantitative estimate of drug-likeness (QED) is 0.369. The SMILES string of the molecule is CC1(C)C[C@@H]([C@H](CCNC(=O)C[C@@H](c2ccccc2)c2ccc(F)cc2)c2ccccc2)CCO1. The van der Waals surface area contributed by atoms with Crippen molar-refractivity contribution in [2.45, 2.75) is 57.0 Å². The molecule has 0 aliphatic carbocycles. The topological polar surface area (TPSA) is 38.3 Å². The van der Waals surface area contributed by atoms with Crippen molar-refractivity contribution in [1.82, 2.24) is 5.32 Å². The van der Waals surface area contributed by atoms with Crippen LogP contribution >= 0.6 is 0 Å². The van der Waals surface area contributed by atoms with Gasteiger partial charge in [-0.15, -0.1) is 0 Å². The van der Waals surface area contributed by atoms with E-state index < -0.39 is 0 Å². The van der Waals surface area contributed by atoms with E-state index in [1.54, 1.807) is 12.1 Å². The van der Waals surface area contributed by atoms with Gasteiger partial charge in [0.15, 0.2) is 0 Å². The molecule has 0 saturated carbocycles. The second-order valence-electron chi connectivity index (χ2n) is 10.2. The van der Waals surface area contributed by atoms with E-state index in [1.165, 1.54) is 17.7 Å². The molecule has 35 heavy (non-hydrogen) atoms. The number of carbonyl (C=O) groups excluding carboxylic acids is 1. The van der Waals surface area contributed by atoms with E-state index in [1.807, 2.05) is 30.3 Å². The zero-order valence-corrected chi connectivity index (χ0v) is 20.8. The Balaban J connectivity index is 1.42. The number of ether oxygens (including phenoxy) is 1. The first-order valence-corrected chi connectivity index (χ1v) is 12.7. The fourth-order valence-corrected chi connectivity index (χ4v) is 5.43. The molecule has 3 atom stereocenters. The van der Waals surface area contributed by atoms with Gasteiger partial charge in [-0.25, -0.2) is 4.39 Å². The van der Waals surface area contributed by atoms with Crippen LogP contribution in [0.2, 0.25) is 0 Å². The Morgan fingerprint density at radius 2 is 1.54 bits per heavy atom. The van der Waals surface area contributed by atoms with Crippen LogP contribution in [0.15, 0.2) is 84.9 Å². The van der Waals surface area contributed by atoms with Crippen LogP contribution in [0.4, 0.5) is 4.39 Å². The summed E-state index contributed by atoms with van der Waals surface area (Å²) in [6, 6.07) is 27.1. The van der Waals surface area contributed by atoms with Gasteiger partial charge in [0, 0.05) is 25.5 Å². The van der Waals surface area contributed by atoms with Gasteiger partial charge in [-0.05, 0) is 73.8 Å². The monoisotopic (exact) mass is 473 g/mol. The van der Waals surface area contributed by atoms with Gasteiger partial charge in [0.1, 0.15) is 5.82 Å². The maximum absolute atomic E-state index is 13.5. The predicted molar refractivity (Wildman–Crippen MR) is 139 cm³/mol. The zero-order chi connectivity index (χ0) is 24.7. The molecule has 1 fully saturated rings. The van der Waals surface area contributed by atoms with E-state index in [0.717, 1.165) is 37.0 Å². The van der Waals surface area contributed by atoms with Gasteiger partial charge in [0.2, 0.25) is 5.91 Å². The largest absolute Gasteiger partial charge is 0.376 e. The summed E-state index contributed by atoms with van der Waals surface area (Å²) < 4.78 is 19.5. The van der Waals surface area contributed by atoms with E-state index in [0.29, 0.717) is 24.8 Å². The molecule has 0 spiro atoms. The van der Waals surface area contributed by atoms with Gasteiger partial charge in [-0.3, -0.25) is 4.79 Å². The molecule has 3 aromatic carbocycles. The van der Waals surface area contributed by atoms with Gasteiger partial charge in [-0.1, -0.05) is 72.8 Å². The second kappa shape index (κ2) is 11.6. The van der Waals surface area contributed by atoms with Gasteiger partial charge < -0.3 is 10.1 Å². The highest BCUT2D eigenvalue weighted by Gasteiger charge is 2.34. The summed E-state index contributed by atoms with van der Waals surface area (Å²) >= 11 is 0. The number of nitrogens with one attached hydrogen (secondary N) is 1. The molecule has 0 bridgehead atoms. The standard InChI is InChI=1S/C31H36FNO2/c1-31(2)22-26(18-20-35-31)28(23-9-5-3-6-10-23)17-19-33-30(34)21-29(24-11-7-4-8-12-24)25-13-15-27(32)16-14-25/h3-16,26,28-29H,17-22H2,1-2H3,(H,33,34)/t26-,28+,29-/m0/s1. The van der Waals surface area contributed by atoms with Crippen molar-refractivity contribution in [3.05, 3.63) is 107 Å². The number of benzene rings is 3. The summed E-state index contributed by atoms with van der Waals surface area (Å²) in [5, 5.41) is 3.18. The smallest absolute Gasteiger partial charge is 0.220 e. The predicted octanol–water partition coefficient (Wildman–Crippen LogP) is 6.84. The molecule has 0 radical (unpaired) electrons. The lowest BCUT2D eigenvalue weighted by Crippen LogP contribution is -2.37. The summed E-state index contributed by atoms with van der Waals surface area (Å²) in [4.78, 5) is 13.1. The van der Waals surface area contributed by atoms with Gasteiger partial charge >= 0.3 is 0 Å². The Kier molecular flexibility index (Phi) is 8.35. The first-order valence-electron chi connectivity index (χ1n) is 12.7. The summed E-state index contributed by atoms with van der Waals surface area (Å²) in [7, 11) is 0. The van der Waals surface area contributed by atoms with Crippen molar-refractivity contribution in [3.63, 3.8) is 0 Å². The first kappa shape index (κ1) is 25.1. The van der Waals surface area contributed by atoms with E-state index >= 15 is 0 Å². The minimum atomic E-state index is -0.270. The van der Waals surface area contributed by atoms with Crippen molar-refractivity contribution in [1.29, 1.82) is 0 Å². The molecular weight excluding hydrogens is 437 g/mol. The molecule has 0 unspecified atom stereocenters. The zero-order valence-electron chi connectivity index (χ0n) is 20.8. The fourth-order valence-electron chi connectivity index (χ4n) is 5.43. The Morgan fingerprint density at radius 3 is 2.17 bits per heavy atom. The van der Waals surface area contributed by atoms with Crippen LogP contribution < -0.4 is 5.32 Å². The summed E-state index contributed by atoms with van der Waals surface area (Å²) in [6.45, 7) is 5.75. The highest BCUT2D eigenvalue weighted by molar-refractivity contribution is 5.77. The van der Waals surface area contributed by atoms with Crippen LogP contribution in [0.25, 0.3) is 0 Å². The van der Waals surface area contributed by atoms with Crippen molar-refractivity contribution >= 4 is 5.91 Å². The molecule has 4 rings (SSSR count). The number of halogens is 1. The minimum absolute atomic E-state index is 0.0160. The van der Waals surface area contributed by atoms with Crippen LogP contribution in [0.3, 0.4) is 0 Å². The molecular formula is C31H36FNO2. The highest BCUT2D eigenvalue weighted by atomic mass is 19.1. The maximum Gasteiger partial charge on any atom is 0.220 e. The molecule has 1 saturated heterocycles. The van der Waals surface area contributed by atoms with Gasteiger partial charge in [0.25, 0.3) is 0 Å². The van der Waals surface area contributed by atoms with Crippen LogP contribution in [-0.2, 0) is 9.53 Å². The third-order valence-electron chi connectivity index (χ3n) is 7.17. The average Bonchev–Trinajstić information content (AvgIpc) is 2.86. The Morgan fingerprint density at radius 1 is 0.943 bits per heavy atom. The molecule has 3 nitrogen and oxygen atoms in total. The lowest BCUT2D eigenvalue weighted by Gasteiger charge is -2.39. The minimum Gasteiger partial charge on any atom is -0.376 e. The third kappa shape index (κ3) is 7.02. The average molecular weight is 474 g/mol. The van der Waals surface area contributed by atoms with Crippen LogP contribution in [-0.4, -0.2) is 24.7 Å².